The lowest BCUT2D eigenvalue weighted by Crippen LogP contribution is -2.31. The molecule has 29 heavy (non-hydrogen) atoms. The second kappa shape index (κ2) is 7.70. The molecule has 2 heterocycles. The molecule has 0 aliphatic carbocycles. The van der Waals surface area contributed by atoms with Crippen LogP contribution in [0.3, 0.4) is 0 Å². The van der Waals surface area contributed by atoms with E-state index in [9.17, 15) is 19.5 Å². The van der Waals surface area contributed by atoms with Crippen LogP contribution in [0.25, 0.3) is 0 Å². The normalized spacial score (nSPS) is 17.4. The molecule has 9 heteroatoms. The third-order valence-corrected chi connectivity index (χ3v) is 4.67. The van der Waals surface area contributed by atoms with Gasteiger partial charge in [-0.2, -0.15) is 0 Å². The van der Waals surface area contributed by atoms with Crippen LogP contribution in [0, 0.1) is 0 Å². The summed E-state index contributed by atoms with van der Waals surface area (Å²) in [6, 6.07) is 10.2. The van der Waals surface area contributed by atoms with E-state index in [0.29, 0.717) is 17.2 Å². The van der Waals surface area contributed by atoms with Crippen LogP contribution in [-0.4, -0.2) is 40.7 Å². The van der Waals surface area contributed by atoms with Gasteiger partial charge in [0.05, 0.1) is 6.54 Å². The molecule has 9 nitrogen and oxygen atoms in total. The van der Waals surface area contributed by atoms with Crippen molar-refractivity contribution in [2.45, 2.75) is 25.4 Å². The lowest BCUT2D eigenvalue weighted by molar-refractivity contribution is -0.128. The molecular weight excluding hydrogens is 378 g/mol. The second-order valence-corrected chi connectivity index (χ2v) is 6.75. The Labute approximate surface area is 166 Å². The van der Waals surface area contributed by atoms with Gasteiger partial charge < -0.3 is 25.2 Å². The standard InChI is InChI=1S/C20H19N3O6/c24-14-3-1-2-13(9-14)21-18(25)7-5-15-19(26)23(20(27)22-15)10-12-4-6-16-17(8-12)29-11-28-16/h1-4,6,8-9,15,24H,5,7,10-11H2,(H,21,25)(H,22,27)/t15-/m0/s1. The number of benzene rings is 2. The van der Waals surface area contributed by atoms with Gasteiger partial charge in [-0.1, -0.05) is 12.1 Å². The molecule has 0 saturated carbocycles. The van der Waals surface area contributed by atoms with Crippen molar-refractivity contribution in [2.24, 2.45) is 0 Å². The molecule has 2 aromatic rings. The van der Waals surface area contributed by atoms with E-state index < -0.39 is 12.1 Å². The molecule has 1 atom stereocenters. The maximum absolute atomic E-state index is 12.6. The number of phenols is 1. The molecule has 2 aliphatic heterocycles. The van der Waals surface area contributed by atoms with Gasteiger partial charge in [-0.05, 0) is 36.2 Å². The fourth-order valence-corrected chi connectivity index (χ4v) is 3.23. The Bertz CT molecular complexity index is 976. The van der Waals surface area contributed by atoms with E-state index in [1.54, 1.807) is 30.3 Å². The highest BCUT2D eigenvalue weighted by molar-refractivity contribution is 6.04. The molecule has 0 spiro atoms. The Morgan fingerprint density at radius 1 is 1.17 bits per heavy atom. The van der Waals surface area contributed by atoms with Crippen molar-refractivity contribution in [3.05, 3.63) is 48.0 Å². The smallest absolute Gasteiger partial charge is 0.325 e. The van der Waals surface area contributed by atoms with E-state index in [1.165, 1.54) is 12.1 Å². The summed E-state index contributed by atoms with van der Waals surface area (Å²) in [6.45, 7) is 0.252. The number of phenolic OH excluding ortho intramolecular Hbond substituents is 1. The van der Waals surface area contributed by atoms with Gasteiger partial charge in [0.15, 0.2) is 11.5 Å². The van der Waals surface area contributed by atoms with Gasteiger partial charge in [-0.25, -0.2) is 4.79 Å². The number of imide groups is 1. The first-order valence-electron chi connectivity index (χ1n) is 9.09. The molecule has 4 amide bonds. The van der Waals surface area contributed by atoms with Gasteiger partial charge in [0.2, 0.25) is 12.7 Å². The summed E-state index contributed by atoms with van der Waals surface area (Å²) in [5, 5.41) is 14.7. The fraction of sp³-hybridized carbons (Fsp3) is 0.250. The molecule has 0 radical (unpaired) electrons. The summed E-state index contributed by atoms with van der Waals surface area (Å²) in [7, 11) is 0. The quantitative estimate of drug-likeness (QED) is 0.642. The minimum absolute atomic E-state index is 0.0418. The minimum atomic E-state index is -0.758. The van der Waals surface area contributed by atoms with E-state index in [2.05, 4.69) is 10.6 Å². The van der Waals surface area contributed by atoms with Crippen molar-refractivity contribution < 1.29 is 29.0 Å². The van der Waals surface area contributed by atoms with Crippen molar-refractivity contribution in [1.82, 2.24) is 10.2 Å². The molecule has 2 aliphatic rings. The number of nitrogens with one attached hydrogen (secondary N) is 2. The number of carbonyl (C=O) groups is 3. The summed E-state index contributed by atoms with van der Waals surface area (Å²) in [4.78, 5) is 38.0. The number of fused-ring (bicyclic) bond motifs is 1. The summed E-state index contributed by atoms with van der Waals surface area (Å²) in [5.41, 5.74) is 1.20. The topological polar surface area (TPSA) is 117 Å². The number of hydrogen-bond donors (Lipinski definition) is 3. The molecule has 2 aromatic carbocycles. The van der Waals surface area contributed by atoms with Crippen LogP contribution in [0.15, 0.2) is 42.5 Å². The Morgan fingerprint density at radius 3 is 2.83 bits per heavy atom. The molecule has 1 saturated heterocycles. The number of ether oxygens (including phenoxy) is 2. The average Bonchev–Trinajstić information content (AvgIpc) is 3.26. The van der Waals surface area contributed by atoms with Gasteiger partial charge in [-0.15, -0.1) is 0 Å². The number of hydrogen-bond acceptors (Lipinski definition) is 6. The predicted octanol–water partition coefficient (Wildman–Crippen LogP) is 1.96. The Hall–Kier alpha value is -3.75. The highest BCUT2D eigenvalue weighted by atomic mass is 16.7. The van der Waals surface area contributed by atoms with Crippen LogP contribution >= 0.6 is 0 Å². The van der Waals surface area contributed by atoms with Crippen molar-refractivity contribution >= 4 is 23.5 Å². The molecule has 150 valence electrons. The zero-order valence-corrected chi connectivity index (χ0v) is 15.4. The molecule has 4 rings (SSSR count). The van der Waals surface area contributed by atoms with Gasteiger partial charge in [0.1, 0.15) is 11.8 Å². The third kappa shape index (κ3) is 4.08. The van der Waals surface area contributed by atoms with Gasteiger partial charge >= 0.3 is 6.03 Å². The highest BCUT2D eigenvalue weighted by Gasteiger charge is 2.38. The Kier molecular flexibility index (Phi) is 4.94. The summed E-state index contributed by atoms with van der Waals surface area (Å²) >= 11 is 0. The lowest BCUT2D eigenvalue weighted by Gasteiger charge is -2.13. The van der Waals surface area contributed by atoms with Crippen LogP contribution in [0.2, 0.25) is 0 Å². The zero-order chi connectivity index (χ0) is 20.4. The van der Waals surface area contributed by atoms with Gasteiger partial charge in [-0.3, -0.25) is 14.5 Å². The number of nitrogens with zero attached hydrogens (tertiary/aromatic N) is 1. The lowest BCUT2D eigenvalue weighted by atomic mass is 10.1. The van der Waals surface area contributed by atoms with Crippen molar-refractivity contribution in [3.8, 4) is 17.2 Å². The molecule has 1 fully saturated rings. The average molecular weight is 397 g/mol. The van der Waals surface area contributed by atoms with E-state index in [1.807, 2.05) is 0 Å². The fourth-order valence-electron chi connectivity index (χ4n) is 3.23. The van der Waals surface area contributed by atoms with E-state index in [-0.39, 0.29) is 43.7 Å². The Balaban J connectivity index is 1.32. The molecular formula is C20H19N3O6. The summed E-state index contributed by atoms with van der Waals surface area (Å²) < 4.78 is 10.6. The first-order valence-corrected chi connectivity index (χ1v) is 9.09. The van der Waals surface area contributed by atoms with Crippen LogP contribution < -0.4 is 20.1 Å². The zero-order valence-electron chi connectivity index (χ0n) is 15.4. The van der Waals surface area contributed by atoms with Crippen molar-refractivity contribution in [2.75, 3.05) is 12.1 Å². The molecule has 0 unspecified atom stereocenters. The molecule has 0 bridgehead atoms. The number of urea groups is 1. The van der Waals surface area contributed by atoms with Gasteiger partial charge in [0, 0.05) is 18.2 Å². The van der Waals surface area contributed by atoms with E-state index in [0.717, 1.165) is 10.5 Å². The minimum Gasteiger partial charge on any atom is -0.508 e. The van der Waals surface area contributed by atoms with Crippen LogP contribution in [-0.2, 0) is 16.1 Å². The molecule has 0 aromatic heterocycles. The second-order valence-electron chi connectivity index (χ2n) is 6.75. The predicted molar refractivity (Wildman–Crippen MR) is 101 cm³/mol. The first kappa shape index (κ1) is 18.6. The SMILES string of the molecule is O=C(CC[C@@H]1NC(=O)N(Cc2ccc3c(c2)OCO3)C1=O)Nc1cccc(O)c1. The number of anilines is 1. The summed E-state index contributed by atoms with van der Waals surface area (Å²) in [6.07, 6.45) is 0.219. The van der Waals surface area contributed by atoms with Crippen LogP contribution in [0.4, 0.5) is 10.5 Å². The third-order valence-electron chi connectivity index (χ3n) is 4.67. The van der Waals surface area contributed by atoms with Crippen LogP contribution in [0.5, 0.6) is 17.2 Å². The van der Waals surface area contributed by atoms with Crippen molar-refractivity contribution in [1.29, 1.82) is 0 Å². The highest BCUT2D eigenvalue weighted by Crippen LogP contribution is 2.33. The number of carbonyl (C=O) groups excluding carboxylic acids is 3. The van der Waals surface area contributed by atoms with E-state index >= 15 is 0 Å². The number of amides is 4. The van der Waals surface area contributed by atoms with Gasteiger partial charge in [0.25, 0.3) is 5.91 Å². The Morgan fingerprint density at radius 2 is 2.00 bits per heavy atom. The first-order chi connectivity index (χ1) is 14.0. The number of aromatic hydroxyl groups is 1. The monoisotopic (exact) mass is 397 g/mol. The maximum Gasteiger partial charge on any atom is 0.325 e. The van der Waals surface area contributed by atoms with Crippen LogP contribution in [0.1, 0.15) is 18.4 Å². The van der Waals surface area contributed by atoms with E-state index in [4.69, 9.17) is 9.47 Å². The largest absolute Gasteiger partial charge is 0.508 e. The number of rotatable bonds is 6. The molecule has 3 N–H and O–H groups in total. The summed E-state index contributed by atoms with van der Waals surface area (Å²) in [5.74, 6) is 0.557. The van der Waals surface area contributed by atoms with Crippen molar-refractivity contribution in [3.63, 3.8) is 0 Å². The maximum atomic E-state index is 12.6.